The molecule has 2 atom stereocenters. The molecular formula is C15H24N2O2. The summed E-state index contributed by atoms with van der Waals surface area (Å²) in [7, 11) is 0. The third-order valence-electron chi connectivity index (χ3n) is 4.05. The van der Waals surface area contributed by atoms with Crippen LogP contribution in [0.3, 0.4) is 0 Å². The van der Waals surface area contributed by atoms with Crippen molar-refractivity contribution in [1.29, 1.82) is 0 Å². The molecule has 2 N–H and O–H groups in total. The fourth-order valence-electron chi connectivity index (χ4n) is 3.02. The largest absolute Gasteiger partial charge is 0.388 e. The molecule has 0 radical (unpaired) electrons. The molecule has 1 aliphatic rings. The Kier molecular flexibility index (Phi) is 4.30. The van der Waals surface area contributed by atoms with Gasteiger partial charge in [-0.2, -0.15) is 0 Å². The van der Waals surface area contributed by atoms with E-state index in [0.29, 0.717) is 18.2 Å². The van der Waals surface area contributed by atoms with Gasteiger partial charge < -0.3 is 15.0 Å². The molecule has 0 aliphatic heterocycles. The molecule has 1 aromatic rings. The number of carbonyl (C=O) groups is 1. The lowest BCUT2D eigenvalue weighted by atomic mass is 9.79. The van der Waals surface area contributed by atoms with E-state index in [2.05, 4.69) is 12.2 Å². The first-order chi connectivity index (χ1) is 9.04. The summed E-state index contributed by atoms with van der Waals surface area (Å²) < 4.78 is 1.91. The molecule has 0 saturated heterocycles. The third kappa shape index (κ3) is 3.38. The van der Waals surface area contributed by atoms with Crippen LogP contribution in [0.15, 0.2) is 18.3 Å². The van der Waals surface area contributed by atoms with Crippen LogP contribution in [0.25, 0.3) is 0 Å². The lowest BCUT2D eigenvalue weighted by Crippen LogP contribution is -2.46. The van der Waals surface area contributed by atoms with Gasteiger partial charge >= 0.3 is 0 Å². The average Bonchev–Trinajstić information content (AvgIpc) is 2.84. The van der Waals surface area contributed by atoms with Crippen molar-refractivity contribution in [3.8, 4) is 0 Å². The van der Waals surface area contributed by atoms with Crippen molar-refractivity contribution in [2.45, 2.75) is 51.7 Å². The second-order valence-electron chi connectivity index (χ2n) is 5.79. The Bertz CT molecular complexity index is 441. The van der Waals surface area contributed by atoms with Gasteiger partial charge in [0.05, 0.1) is 5.60 Å². The number of aromatic nitrogens is 1. The van der Waals surface area contributed by atoms with Crippen LogP contribution in [0.1, 0.15) is 50.0 Å². The van der Waals surface area contributed by atoms with Gasteiger partial charge in [0.15, 0.2) is 0 Å². The summed E-state index contributed by atoms with van der Waals surface area (Å²) in [4.78, 5) is 12.1. The highest BCUT2D eigenvalue weighted by molar-refractivity contribution is 5.92. The Morgan fingerprint density at radius 1 is 1.63 bits per heavy atom. The number of carbonyl (C=O) groups excluding carboxylic acids is 1. The highest BCUT2D eigenvalue weighted by Crippen LogP contribution is 2.31. The molecule has 1 aliphatic carbocycles. The second kappa shape index (κ2) is 5.78. The third-order valence-corrected chi connectivity index (χ3v) is 4.05. The molecule has 1 aromatic heterocycles. The SMILES string of the molecule is CCn1cccc1C(=O)NCC1(O)CCCC(C)C1. The number of hydrogen-bond acceptors (Lipinski definition) is 2. The topological polar surface area (TPSA) is 54.3 Å². The minimum absolute atomic E-state index is 0.0986. The fourth-order valence-corrected chi connectivity index (χ4v) is 3.02. The normalized spacial score (nSPS) is 27.2. The van der Waals surface area contributed by atoms with Crippen molar-refractivity contribution >= 4 is 5.91 Å². The number of nitrogens with zero attached hydrogens (tertiary/aromatic N) is 1. The monoisotopic (exact) mass is 264 g/mol. The van der Waals surface area contributed by atoms with E-state index < -0.39 is 5.60 Å². The standard InChI is InChI=1S/C15H24N2O2/c1-3-17-9-5-7-13(17)14(18)16-11-15(19)8-4-6-12(2)10-15/h5,7,9,12,19H,3-4,6,8,10-11H2,1-2H3,(H,16,18). The van der Waals surface area contributed by atoms with E-state index in [9.17, 15) is 9.90 Å². The van der Waals surface area contributed by atoms with Crippen molar-refractivity contribution in [2.75, 3.05) is 6.54 Å². The molecule has 106 valence electrons. The number of aryl methyl sites for hydroxylation is 1. The minimum Gasteiger partial charge on any atom is -0.388 e. The molecule has 1 heterocycles. The average molecular weight is 264 g/mol. The molecular weight excluding hydrogens is 240 g/mol. The number of aliphatic hydroxyl groups is 1. The minimum atomic E-state index is -0.725. The summed E-state index contributed by atoms with van der Waals surface area (Å²) >= 11 is 0. The van der Waals surface area contributed by atoms with Gasteiger partial charge in [-0.25, -0.2) is 0 Å². The number of rotatable bonds is 4. The van der Waals surface area contributed by atoms with Crippen LogP contribution in [0, 0.1) is 5.92 Å². The predicted molar refractivity (Wildman–Crippen MR) is 75.0 cm³/mol. The Labute approximate surface area is 114 Å². The Morgan fingerprint density at radius 2 is 2.42 bits per heavy atom. The highest BCUT2D eigenvalue weighted by atomic mass is 16.3. The number of amides is 1. The molecule has 4 heteroatoms. The van der Waals surface area contributed by atoms with Crippen LogP contribution in [0.5, 0.6) is 0 Å². The van der Waals surface area contributed by atoms with E-state index in [1.807, 2.05) is 29.8 Å². The first-order valence-electron chi connectivity index (χ1n) is 7.20. The van der Waals surface area contributed by atoms with Crippen molar-refractivity contribution in [3.63, 3.8) is 0 Å². The smallest absolute Gasteiger partial charge is 0.268 e. The maximum Gasteiger partial charge on any atom is 0.268 e. The molecule has 19 heavy (non-hydrogen) atoms. The van der Waals surface area contributed by atoms with Crippen LogP contribution in [0.2, 0.25) is 0 Å². The Morgan fingerprint density at radius 3 is 3.11 bits per heavy atom. The summed E-state index contributed by atoms with van der Waals surface area (Å²) in [6, 6.07) is 3.68. The van der Waals surface area contributed by atoms with E-state index in [4.69, 9.17) is 0 Å². The molecule has 0 bridgehead atoms. The van der Waals surface area contributed by atoms with Crippen molar-refractivity contribution in [1.82, 2.24) is 9.88 Å². The van der Waals surface area contributed by atoms with Gasteiger partial charge in [-0.05, 0) is 37.8 Å². The molecule has 4 nitrogen and oxygen atoms in total. The van der Waals surface area contributed by atoms with E-state index in [0.717, 1.165) is 25.8 Å². The molecule has 1 saturated carbocycles. The van der Waals surface area contributed by atoms with E-state index in [1.54, 1.807) is 0 Å². The molecule has 0 aromatic carbocycles. The highest BCUT2D eigenvalue weighted by Gasteiger charge is 2.33. The summed E-state index contributed by atoms with van der Waals surface area (Å²) in [5.74, 6) is 0.439. The van der Waals surface area contributed by atoms with Gasteiger partial charge in [-0.3, -0.25) is 4.79 Å². The van der Waals surface area contributed by atoms with Gasteiger partial charge in [0.1, 0.15) is 5.69 Å². The van der Waals surface area contributed by atoms with Crippen molar-refractivity contribution < 1.29 is 9.90 Å². The molecule has 0 spiro atoms. The first-order valence-corrected chi connectivity index (χ1v) is 7.20. The number of hydrogen-bond donors (Lipinski definition) is 2. The van der Waals surface area contributed by atoms with Crippen LogP contribution in [-0.4, -0.2) is 27.7 Å². The van der Waals surface area contributed by atoms with Gasteiger partial charge in [0.25, 0.3) is 5.91 Å². The lowest BCUT2D eigenvalue weighted by molar-refractivity contribution is -0.0110. The van der Waals surface area contributed by atoms with Crippen molar-refractivity contribution in [2.24, 2.45) is 5.92 Å². The lowest BCUT2D eigenvalue weighted by Gasteiger charge is -2.35. The fraction of sp³-hybridized carbons (Fsp3) is 0.667. The van der Waals surface area contributed by atoms with E-state index in [1.165, 1.54) is 6.42 Å². The van der Waals surface area contributed by atoms with Crippen LogP contribution < -0.4 is 5.32 Å². The van der Waals surface area contributed by atoms with E-state index in [-0.39, 0.29) is 5.91 Å². The quantitative estimate of drug-likeness (QED) is 0.875. The molecule has 2 unspecified atom stereocenters. The molecule has 2 rings (SSSR count). The Balaban J connectivity index is 1.93. The summed E-state index contributed by atoms with van der Waals surface area (Å²) in [5, 5.41) is 13.4. The van der Waals surface area contributed by atoms with Gasteiger partial charge in [-0.1, -0.05) is 19.8 Å². The zero-order valence-electron chi connectivity index (χ0n) is 11.9. The molecule has 1 amide bonds. The number of nitrogens with one attached hydrogen (secondary N) is 1. The van der Waals surface area contributed by atoms with Crippen LogP contribution >= 0.6 is 0 Å². The summed E-state index contributed by atoms with van der Waals surface area (Å²) in [6.07, 6.45) is 5.68. The molecule has 1 fully saturated rings. The van der Waals surface area contributed by atoms with Gasteiger partial charge in [0, 0.05) is 19.3 Å². The first kappa shape index (κ1) is 14.1. The zero-order chi connectivity index (χ0) is 13.9. The van der Waals surface area contributed by atoms with Crippen LogP contribution in [0.4, 0.5) is 0 Å². The maximum absolute atomic E-state index is 12.1. The van der Waals surface area contributed by atoms with Gasteiger partial charge in [-0.15, -0.1) is 0 Å². The Hall–Kier alpha value is -1.29. The van der Waals surface area contributed by atoms with Crippen LogP contribution in [-0.2, 0) is 6.54 Å². The van der Waals surface area contributed by atoms with E-state index >= 15 is 0 Å². The summed E-state index contributed by atoms with van der Waals surface area (Å²) in [6.45, 7) is 5.30. The van der Waals surface area contributed by atoms with Gasteiger partial charge in [0.2, 0.25) is 0 Å². The second-order valence-corrected chi connectivity index (χ2v) is 5.79. The zero-order valence-corrected chi connectivity index (χ0v) is 11.9. The predicted octanol–water partition coefficient (Wildman–Crippen LogP) is 2.18. The maximum atomic E-state index is 12.1. The summed E-state index contributed by atoms with van der Waals surface area (Å²) in [5.41, 5.74) is -0.0632. The van der Waals surface area contributed by atoms with Crippen molar-refractivity contribution in [3.05, 3.63) is 24.0 Å².